The number of aliphatic hydroxyl groups excluding tert-OH is 1. The lowest BCUT2D eigenvalue weighted by Crippen LogP contribution is -2.61. The molecule has 168 valence electrons. The first-order valence-corrected chi connectivity index (χ1v) is 11.8. The molecule has 0 aromatic heterocycles. The second-order valence-electron chi connectivity index (χ2n) is 8.35. The molecule has 0 spiro atoms. The Kier molecular flexibility index (Phi) is 6.98. The second-order valence-corrected chi connectivity index (χ2v) is 9.54. The lowest BCUT2D eigenvalue weighted by molar-refractivity contribution is -0.161. The van der Waals surface area contributed by atoms with E-state index in [0.29, 0.717) is 6.42 Å². The maximum atomic E-state index is 12.4. The molecule has 7 heteroatoms. The highest BCUT2D eigenvalue weighted by Gasteiger charge is 2.56. The predicted octanol–water partition coefficient (Wildman–Crippen LogP) is 3.33. The smallest absolute Gasteiger partial charge is 0.353 e. The lowest BCUT2D eigenvalue weighted by atomic mass is 9.83. The molecule has 2 N–H and O–H groups in total. The van der Waals surface area contributed by atoms with Crippen molar-refractivity contribution in [2.45, 2.75) is 38.6 Å². The molecular weight excluding hydrogens is 424 g/mol. The van der Waals surface area contributed by atoms with Crippen molar-refractivity contribution >= 4 is 23.6 Å². The van der Waals surface area contributed by atoms with E-state index in [2.05, 4.69) is 29.2 Å². The average Bonchev–Trinajstić information content (AvgIpc) is 3.09. The molecule has 1 amide bonds. The number of thioether (sulfide) groups is 1. The van der Waals surface area contributed by atoms with Gasteiger partial charge in [-0.3, -0.25) is 9.69 Å². The van der Waals surface area contributed by atoms with Crippen molar-refractivity contribution in [1.82, 2.24) is 9.80 Å². The quantitative estimate of drug-likeness (QED) is 0.538. The third-order valence-corrected chi connectivity index (χ3v) is 7.17. The first kappa shape index (κ1) is 22.6. The number of carbonyl (C=O) groups is 2. The van der Waals surface area contributed by atoms with Crippen LogP contribution in [-0.4, -0.2) is 56.3 Å². The molecule has 0 bridgehead atoms. The summed E-state index contributed by atoms with van der Waals surface area (Å²) in [7, 11) is 0. The van der Waals surface area contributed by atoms with E-state index in [0.717, 1.165) is 30.3 Å². The fraction of sp³-hybridized carbons (Fsp3) is 0.360. The van der Waals surface area contributed by atoms with E-state index >= 15 is 0 Å². The zero-order valence-corrected chi connectivity index (χ0v) is 18.9. The number of fused-ring (bicyclic) bond motifs is 1. The summed E-state index contributed by atoms with van der Waals surface area (Å²) in [6, 6.07) is 20.4. The Hall–Kier alpha value is -2.61. The first-order chi connectivity index (χ1) is 15.5. The van der Waals surface area contributed by atoms with Gasteiger partial charge in [0.15, 0.2) is 0 Å². The van der Waals surface area contributed by atoms with E-state index in [-0.39, 0.29) is 17.6 Å². The van der Waals surface area contributed by atoms with Crippen molar-refractivity contribution < 1.29 is 19.8 Å². The average molecular weight is 453 g/mol. The molecule has 2 aromatic rings. The van der Waals surface area contributed by atoms with Gasteiger partial charge in [-0.15, -0.1) is 11.8 Å². The summed E-state index contributed by atoms with van der Waals surface area (Å²) in [5.74, 6) is -1.14. The van der Waals surface area contributed by atoms with E-state index in [1.54, 1.807) is 6.92 Å². The second kappa shape index (κ2) is 9.90. The van der Waals surface area contributed by atoms with Crippen LogP contribution in [0.15, 0.2) is 71.3 Å². The summed E-state index contributed by atoms with van der Waals surface area (Å²) >= 11 is 1.51. The van der Waals surface area contributed by atoms with Crippen LogP contribution >= 0.6 is 11.8 Å². The molecule has 2 aliphatic rings. The Morgan fingerprint density at radius 3 is 2.16 bits per heavy atom. The number of benzene rings is 2. The predicted molar refractivity (Wildman–Crippen MR) is 125 cm³/mol. The summed E-state index contributed by atoms with van der Waals surface area (Å²) in [4.78, 5) is 28.7. The minimum Gasteiger partial charge on any atom is -0.477 e. The van der Waals surface area contributed by atoms with Crippen LogP contribution in [0.3, 0.4) is 0 Å². The zero-order chi connectivity index (χ0) is 22.7. The number of amides is 1. The van der Waals surface area contributed by atoms with Crippen molar-refractivity contribution in [1.29, 1.82) is 0 Å². The van der Waals surface area contributed by atoms with Crippen molar-refractivity contribution in [2.24, 2.45) is 5.92 Å². The van der Waals surface area contributed by atoms with Crippen molar-refractivity contribution in [2.75, 3.05) is 12.3 Å². The van der Waals surface area contributed by atoms with Gasteiger partial charge in [0.2, 0.25) is 5.91 Å². The van der Waals surface area contributed by atoms with Crippen molar-refractivity contribution in [3.05, 3.63) is 82.4 Å². The van der Waals surface area contributed by atoms with Gasteiger partial charge >= 0.3 is 5.97 Å². The largest absolute Gasteiger partial charge is 0.477 e. The summed E-state index contributed by atoms with van der Waals surface area (Å²) in [5, 5.41) is 19.6. The minimum atomic E-state index is -1.07. The minimum absolute atomic E-state index is 0.0968. The van der Waals surface area contributed by atoms with Gasteiger partial charge in [0.25, 0.3) is 0 Å². The molecule has 2 aromatic carbocycles. The van der Waals surface area contributed by atoms with E-state index < -0.39 is 18.0 Å². The Morgan fingerprint density at radius 2 is 1.66 bits per heavy atom. The van der Waals surface area contributed by atoms with Crippen LogP contribution in [0, 0.1) is 5.92 Å². The Morgan fingerprint density at radius 1 is 1.09 bits per heavy atom. The maximum absolute atomic E-state index is 12.4. The zero-order valence-electron chi connectivity index (χ0n) is 18.1. The van der Waals surface area contributed by atoms with Gasteiger partial charge < -0.3 is 15.1 Å². The highest BCUT2D eigenvalue weighted by molar-refractivity contribution is 8.03. The molecule has 4 rings (SSSR count). The van der Waals surface area contributed by atoms with Gasteiger partial charge in [-0.25, -0.2) is 4.79 Å². The van der Waals surface area contributed by atoms with Gasteiger partial charge in [-0.1, -0.05) is 60.7 Å². The molecule has 32 heavy (non-hydrogen) atoms. The van der Waals surface area contributed by atoms with Crippen molar-refractivity contribution in [3.63, 3.8) is 0 Å². The molecule has 6 nitrogen and oxygen atoms in total. The third-order valence-electron chi connectivity index (χ3n) is 6.07. The van der Waals surface area contributed by atoms with E-state index in [1.165, 1.54) is 27.8 Å². The molecule has 1 fully saturated rings. The Balaban J connectivity index is 1.43. The van der Waals surface area contributed by atoms with Crippen LogP contribution in [0.2, 0.25) is 0 Å². The topological polar surface area (TPSA) is 81.1 Å². The van der Waals surface area contributed by atoms with Crippen LogP contribution in [0.1, 0.15) is 24.5 Å². The normalized spacial score (nSPS) is 21.0. The van der Waals surface area contributed by atoms with Crippen LogP contribution < -0.4 is 0 Å². The molecule has 0 aliphatic carbocycles. The molecule has 0 unspecified atom stereocenters. The van der Waals surface area contributed by atoms with Crippen molar-refractivity contribution in [3.8, 4) is 0 Å². The number of nitrogens with zero attached hydrogens (tertiary/aromatic N) is 2. The standard InChI is InChI=1S/C25H28N2O4S/c1-17(28)22-20-14-21(23(25(30)31)27(20)24(22)29)32-13-12-26(15-18-8-4-2-5-9-18)16-19-10-6-3-7-11-19/h2-11,17,20,22,28H,12-16H2,1H3,(H,30,31)/t17-,20-,22-/m1/s1. The highest BCUT2D eigenvalue weighted by atomic mass is 32.2. The van der Waals surface area contributed by atoms with E-state index in [4.69, 9.17) is 0 Å². The van der Waals surface area contributed by atoms with Gasteiger partial charge in [0.05, 0.1) is 18.1 Å². The first-order valence-electron chi connectivity index (χ1n) is 10.9. The molecule has 3 atom stereocenters. The monoisotopic (exact) mass is 452 g/mol. The fourth-order valence-electron chi connectivity index (χ4n) is 4.55. The number of β-lactam (4-membered cyclic amide) rings is 1. The highest BCUT2D eigenvalue weighted by Crippen LogP contribution is 2.46. The van der Waals surface area contributed by atoms with Crippen LogP contribution in [-0.2, 0) is 22.7 Å². The van der Waals surface area contributed by atoms with E-state index in [9.17, 15) is 19.8 Å². The molecule has 2 heterocycles. The number of aliphatic hydroxyl groups is 1. The summed E-state index contributed by atoms with van der Waals surface area (Å²) in [5.41, 5.74) is 2.56. The number of aliphatic carboxylic acids is 1. The van der Waals surface area contributed by atoms with Crippen LogP contribution in [0.25, 0.3) is 0 Å². The number of carbonyl (C=O) groups excluding carboxylic acids is 1. The van der Waals surface area contributed by atoms with Gasteiger partial charge in [0.1, 0.15) is 5.70 Å². The lowest BCUT2D eigenvalue weighted by Gasteiger charge is -2.44. The summed E-state index contributed by atoms with van der Waals surface area (Å²) in [6.07, 6.45) is -0.263. The SMILES string of the molecule is C[C@@H](O)[C@H]1C(=O)N2C(C(=O)O)=C(SCCN(Cc3ccccc3)Cc3ccccc3)C[C@H]12. The van der Waals surface area contributed by atoms with Crippen LogP contribution in [0.4, 0.5) is 0 Å². The van der Waals surface area contributed by atoms with Gasteiger partial charge in [-0.05, 0) is 18.1 Å². The Labute approximate surface area is 192 Å². The number of hydrogen-bond acceptors (Lipinski definition) is 5. The summed E-state index contributed by atoms with van der Waals surface area (Å²) in [6.45, 7) is 3.98. The third kappa shape index (κ3) is 4.75. The number of carboxylic acids is 1. The van der Waals surface area contributed by atoms with E-state index in [1.807, 2.05) is 36.4 Å². The number of hydrogen-bond donors (Lipinski definition) is 2. The number of carboxylic acid groups (broad SMARTS) is 1. The molecular formula is C25H28N2O4S. The number of rotatable bonds is 10. The Bertz CT molecular complexity index is 952. The fourth-order valence-corrected chi connectivity index (χ4v) is 5.76. The molecule has 1 saturated heterocycles. The van der Waals surface area contributed by atoms with Gasteiger partial charge in [-0.2, -0.15) is 0 Å². The van der Waals surface area contributed by atoms with Crippen LogP contribution in [0.5, 0.6) is 0 Å². The molecule has 0 radical (unpaired) electrons. The maximum Gasteiger partial charge on any atom is 0.353 e. The summed E-state index contributed by atoms with van der Waals surface area (Å²) < 4.78 is 0. The van der Waals surface area contributed by atoms with Gasteiger partial charge in [0, 0.05) is 36.7 Å². The molecule has 2 aliphatic heterocycles. The molecule has 0 saturated carbocycles.